The first-order chi connectivity index (χ1) is 7.24. The van der Waals surface area contributed by atoms with Gasteiger partial charge in [-0.25, -0.2) is 4.39 Å². The van der Waals surface area contributed by atoms with E-state index in [0.717, 1.165) is 0 Å². The SMILES string of the molecule is COc1ccc(F)c(C2OC=CO2)c1C. The van der Waals surface area contributed by atoms with Crippen molar-refractivity contribution in [2.75, 3.05) is 7.11 Å². The van der Waals surface area contributed by atoms with E-state index in [1.165, 1.54) is 18.6 Å². The Balaban J connectivity index is 2.44. The summed E-state index contributed by atoms with van der Waals surface area (Å²) in [5, 5.41) is 0. The van der Waals surface area contributed by atoms with Crippen LogP contribution in [0.2, 0.25) is 0 Å². The van der Waals surface area contributed by atoms with Crippen LogP contribution in [0, 0.1) is 12.7 Å². The van der Waals surface area contributed by atoms with Gasteiger partial charge in [0.05, 0.1) is 12.7 Å². The lowest BCUT2D eigenvalue weighted by molar-refractivity contribution is -0.0277. The summed E-state index contributed by atoms with van der Waals surface area (Å²) in [7, 11) is 1.54. The number of benzene rings is 1. The van der Waals surface area contributed by atoms with Crippen molar-refractivity contribution in [1.82, 2.24) is 0 Å². The van der Waals surface area contributed by atoms with E-state index >= 15 is 0 Å². The van der Waals surface area contributed by atoms with Gasteiger partial charge >= 0.3 is 0 Å². The van der Waals surface area contributed by atoms with Gasteiger partial charge in [0, 0.05) is 5.56 Å². The second-order valence-corrected chi connectivity index (χ2v) is 3.16. The Hall–Kier alpha value is -1.71. The number of hydrogen-bond donors (Lipinski definition) is 0. The highest BCUT2D eigenvalue weighted by Gasteiger charge is 2.24. The molecule has 0 saturated heterocycles. The van der Waals surface area contributed by atoms with E-state index in [0.29, 0.717) is 16.9 Å². The second kappa shape index (κ2) is 3.81. The zero-order chi connectivity index (χ0) is 10.8. The molecule has 1 aliphatic heterocycles. The average molecular weight is 210 g/mol. The first-order valence-corrected chi connectivity index (χ1v) is 4.53. The van der Waals surface area contributed by atoms with Gasteiger partial charge in [0.25, 0.3) is 6.29 Å². The molecular weight excluding hydrogens is 199 g/mol. The Kier molecular flexibility index (Phi) is 2.49. The third kappa shape index (κ3) is 1.63. The zero-order valence-corrected chi connectivity index (χ0v) is 8.49. The summed E-state index contributed by atoms with van der Waals surface area (Å²) in [6, 6.07) is 2.92. The summed E-state index contributed by atoms with van der Waals surface area (Å²) in [4.78, 5) is 0. The standard InChI is InChI=1S/C11H11FO3/c1-7-9(13-2)4-3-8(12)10(7)11-14-5-6-15-11/h3-6,11H,1-2H3. The predicted molar refractivity (Wildman–Crippen MR) is 51.7 cm³/mol. The fourth-order valence-electron chi connectivity index (χ4n) is 1.56. The van der Waals surface area contributed by atoms with Crippen molar-refractivity contribution in [3.8, 4) is 5.75 Å². The molecule has 1 heterocycles. The third-order valence-corrected chi connectivity index (χ3v) is 2.33. The number of rotatable bonds is 2. The molecule has 80 valence electrons. The first-order valence-electron chi connectivity index (χ1n) is 4.53. The summed E-state index contributed by atoms with van der Waals surface area (Å²) >= 11 is 0. The lowest BCUT2D eigenvalue weighted by atomic mass is 10.1. The van der Waals surface area contributed by atoms with Crippen molar-refractivity contribution < 1.29 is 18.6 Å². The Labute approximate surface area is 87.1 Å². The molecule has 15 heavy (non-hydrogen) atoms. The van der Waals surface area contributed by atoms with Gasteiger partial charge in [0.2, 0.25) is 0 Å². The molecule has 0 fully saturated rings. The van der Waals surface area contributed by atoms with E-state index < -0.39 is 6.29 Å². The van der Waals surface area contributed by atoms with Gasteiger partial charge in [-0.3, -0.25) is 0 Å². The molecule has 0 N–H and O–H groups in total. The number of methoxy groups -OCH3 is 1. The van der Waals surface area contributed by atoms with Gasteiger partial charge in [-0.05, 0) is 19.1 Å². The van der Waals surface area contributed by atoms with Crippen LogP contribution < -0.4 is 4.74 Å². The molecular formula is C11H11FO3. The topological polar surface area (TPSA) is 27.7 Å². The molecule has 0 unspecified atom stereocenters. The highest BCUT2D eigenvalue weighted by Crippen LogP contribution is 2.33. The number of ether oxygens (including phenoxy) is 3. The van der Waals surface area contributed by atoms with Gasteiger partial charge in [-0.1, -0.05) is 0 Å². The molecule has 3 nitrogen and oxygen atoms in total. The Morgan fingerprint density at radius 1 is 1.27 bits per heavy atom. The third-order valence-electron chi connectivity index (χ3n) is 2.33. The smallest absolute Gasteiger partial charge is 0.269 e. The maximum Gasteiger partial charge on any atom is 0.269 e. The predicted octanol–water partition coefficient (Wildman–Crippen LogP) is 2.66. The Bertz CT molecular complexity index is 393. The van der Waals surface area contributed by atoms with Gasteiger partial charge < -0.3 is 14.2 Å². The quantitative estimate of drug-likeness (QED) is 0.751. The van der Waals surface area contributed by atoms with Crippen LogP contribution in [0.5, 0.6) is 5.75 Å². The summed E-state index contributed by atoms with van der Waals surface area (Å²) in [6.07, 6.45) is 2.08. The zero-order valence-electron chi connectivity index (χ0n) is 8.49. The Morgan fingerprint density at radius 3 is 2.53 bits per heavy atom. The minimum atomic E-state index is -0.708. The van der Waals surface area contributed by atoms with Crippen molar-refractivity contribution in [2.45, 2.75) is 13.2 Å². The first kappa shape index (κ1) is 9.83. The van der Waals surface area contributed by atoms with Gasteiger partial charge in [-0.2, -0.15) is 0 Å². The van der Waals surface area contributed by atoms with Crippen LogP contribution in [-0.2, 0) is 9.47 Å². The molecule has 4 heteroatoms. The molecule has 0 atom stereocenters. The minimum absolute atomic E-state index is 0.359. The van der Waals surface area contributed by atoms with E-state index in [-0.39, 0.29) is 5.82 Å². The molecule has 2 rings (SSSR count). The van der Waals surface area contributed by atoms with Gasteiger partial charge in [-0.15, -0.1) is 0 Å². The van der Waals surface area contributed by atoms with Crippen molar-refractivity contribution in [2.24, 2.45) is 0 Å². The molecule has 0 aromatic heterocycles. The minimum Gasteiger partial charge on any atom is -0.496 e. The van der Waals surface area contributed by atoms with Crippen LogP contribution in [-0.4, -0.2) is 7.11 Å². The van der Waals surface area contributed by atoms with Crippen molar-refractivity contribution >= 4 is 0 Å². The summed E-state index contributed by atoms with van der Waals surface area (Å²) < 4.78 is 28.9. The normalized spacial score (nSPS) is 14.9. The molecule has 1 aromatic carbocycles. The molecule has 0 amide bonds. The van der Waals surface area contributed by atoms with Crippen LogP contribution in [0.1, 0.15) is 17.4 Å². The van der Waals surface area contributed by atoms with Crippen LogP contribution in [0.15, 0.2) is 24.7 Å². The maximum absolute atomic E-state index is 13.6. The summed E-state index contributed by atoms with van der Waals surface area (Å²) in [6.45, 7) is 1.77. The molecule has 0 saturated carbocycles. The van der Waals surface area contributed by atoms with Gasteiger partial charge in [0.15, 0.2) is 0 Å². The lowest BCUT2D eigenvalue weighted by Crippen LogP contribution is -2.05. The van der Waals surface area contributed by atoms with Crippen molar-refractivity contribution in [1.29, 1.82) is 0 Å². The van der Waals surface area contributed by atoms with E-state index in [1.807, 2.05) is 0 Å². The molecule has 0 radical (unpaired) electrons. The molecule has 1 aliphatic rings. The second-order valence-electron chi connectivity index (χ2n) is 3.16. The van der Waals surface area contributed by atoms with Crippen molar-refractivity contribution in [3.63, 3.8) is 0 Å². The Morgan fingerprint density at radius 2 is 1.93 bits per heavy atom. The number of hydrogen-bond acceptors (Lipinski definition) is 3. The van der Waals surface area contributed by atoms with Crippen LogP contribution in [0.4, 0.5) is 4.39 Å². The van der Waals surface area contributed by atoms with Crippen molar-refractivity contribution in [3.05, 3.63) is 41.6 Å². The van der Waals surface area contributed by atoms with E-state index in [1.54, 1.807) is 20.1 Å². The van der Waals surface area contributed by atoms with E-state index in [9.17, 15) is 4.39 Å². The molecule has 0 aliphatic carbocycles. The van der Waals surface area contributed by atoms with Crippen LogP contribution in [0.3, 0.4) is 0 Å². The number of halogens is 1. The van der Waals surface area contributed by atoms with Gasteiger partial charge in [0.1, 0.15) is 24.1 Å². The highest BCUT2D eigenvalue weighted by molar-refractivity contribution is 5.41. The molecule has 1 aromatic rings. The average Bonchev–Trinajstić information content (AvgIpc) is 2.71. The largest absolute Gasteiger partial charge is 0.496 e. The molecule has 0 bridgehead atoms. The summed E-state index contributed by atoms with van der Waals surface area (Å²) in [5.41, 5.74) is 1.06. The molecule has 0 spiro atoms. The van der Waals surface area contributed by atoms with Crippen LogP contribution >= 0.6 is 0 Å². The fraction of sp³-hybridized carbons (Fsp3) is 0.273. The van der Waals surface area contributed by atoms with E-state index in [4.69, 9.17) is 14.2 Å². The van der Waals surface area contributed by atoms with E-state index in [2.05, 4.69) is 0 Å². The maximum atomic E-state index is 13.6. The fourth-order valence-corrected chi connectivity index (χ4v) is 1.56. The van der Waals surface area contributed by atoms with Crippen LogP contribution in [0.25, 0.3) is 0 Å². The monoisotopic (exact) mass is 210 g/mol. The lowest BCUT2D eigenvalue weighted by Gasteiger charge is -2.16. The highest BCUT2D eigenvalue weighted by atomic mass is 19.1. The summed E-state index contributed by atoms with van der Waals surface area (Å²) in [5.74, 6) is 0.257.